The lowest BCUT2D eigenvalue weighted by Gasteiger charge is -2.08. The van der Waals surface area contributed by atoms with Gasteiger partial charge in [-0.2, -0.15) is 0 Å². The van der Waals surface area contributed by atoms with Gasteiger partial charge >= 0.3 is 0 Å². The molecule has 1 heteroatoms. The molecule has 0 spiro atoms. The van der Waals surface area contributed by atoms with Crippen molar-refractivity contribution in [3.05, 3.63) is 59.7 Å². The third-order valence-electron chi connectivity index (χ3n) is 2.82. The fourth-order valence-corrected chi connectivity index (χ4v) is 1.96. The Morgan fingerprint density at radius 2 is 1.65 bits per heavy atom. The highest BCUT2D eigenvalue weighted by Crippen LogP contribution is 2.24. The largest absolute Gasteiger partial charge is 0.300 e. The van der Waals surface area contributed by atoms with E-state index in [1.807, 2.05) is 18.2 Å². The number of hydrogen-bond acceptors (Lipinski definition) is 1. The fraction of sp³-hybridized carbons (Fsp3) is 0.188. The maximum absolute atomic E-state index is 11.3. The first-order chi connectivity index (χ1) is 8.16. The van der Waals surface area contributed by atoms with Crippen LogP contribution in [0.3, 0.4) is 0 Å². The molecule has 2 rings (SSSR count). The summed E-state index contributed by atoms with van der Waals surface area (Å²) in [6.07, 6.45) is 0.504. The minimum absolute atomic E-state index is 0.199. The molecule has 0 aromatic heterocycles. The molecular weight excluding hydrogens is 208 g/mol. The zero-order chi connectivity index (χ0) is 12.3. The molecule has 17 heavy (non-hydrogen) atoms. The van der Waals surface area contributed by atoms with Gasteiger partial charge in [0, 0.05) is 6.42 Å². The molecule has 0 radical (unpaired) electrons. The number of carbonyl (C=O) groups excluding carboxylic acids is 1. The van der Waals surface area contributed by atoms with Gasteiger partial charge in [0.05, 0.1) is 0 Å². The van der Waals surface area contributed by atoms with Gasteiger partial charge in [-0.1, -0.05) is 54.1 Å². The van der Waals surface area contributed by atoms with Crippen LogP contribution in [-0.4, -0.2) is 5.78 Å². The van der Waals surface area contributed by atoms with Crippen molar-refractivity contribution >= 4 is 5.78 Å². The molecule has 0 saturated carbocycles. The van der Waals surface area contributed by atoms with Gasteiger partial charge in [-0.3, -0.25) is 4.79 Å². The second kappa shape index (κ2) is 4.96. The molecule has 0 saturated heterocycles. The van der Waals surface area contributed by atoms with Gasteiger partial charge in [0.25, 0.3) is 0 Å². The van der Waals surface area contributed by atoms with Crippen LogP contribution in [0.4, 0.5) is 0 Å². The highest BCUT2D eigenvalue weighted by Gasteiger charge is 2.05. The Kier molecular flexibility index (Phi) is 3.38. The summed E-state index contributed by atoms with van der Waals surface area (Å²) in [5, 5.41) is 0. The average molecular weight is 224 g/mol. The normalized spacial score (nSPS) is 10.2. The van der Waals surface area contributed by atoms with Crippen molar-refractivity contribution in [3.8, 4) is 11.1 Å². The number of ketones is 1. The number of carbonyl (C=O) groups is 1. The standard InChI is InChI=1S/C16H16O/c1-12-7-9-14(10-8-12)16-6-4-3-5-15(16)11-13(2)17/h3-10H,11H2,1-2H3. The third-order valence-corrected chi connectivity index (χ3v) is 2.82. The van der Waals surface area contributed by atoms with Gasteiger partial charge in [0.1, 0.15) is 5.78 Å². The van der Waals surface area contributed by atoms with Gasteiger partial charge in [0.15, 0.2) is 0 Å². The van der Waals surface area contributed by atoms with Gasteiger partial charge in [0.2, 0.25) is 0 Å². The lowest BCUT2D eigenvalue weighted by atomic mass is 9.96. The number of benzene rings is 2. The van der Waals surface area contributed by atoms with Crippen molar-refractivity contribution in [1.29, 1.82) is 0 Å². The van der Waals surface area contributed by atoms with Gasteiger partial charge in [-0.15, -0.1) is 0 Å². The molecule has 0 N–H and O–H groups in total. The van der Waals surface area contributed by atoms with E-state index in [1.54, 1.807) is 6.92 Å². The predicted molar refractivity (Wildman–Crippen MR) is 71.0 cm³/mol. The van der Waals surface area contributed by atoms with E-state index in [-0.39, 0.29) is 5.78 Å². The molecule has 86 valence electrons. The Hall–Kier alpha value is -1.89. The molecule has 0 unspecified atom stereocenters. The summed E-state index contributed by atoms with van der Waals surface area (Å²) >= 11 is 0. The Bertz CT molecular complexity index is 523. The number of Topliss-reactive ketones (excluding diaryl/α,β-unsaturated/α-hetero) is 1. The van der Waals surface area contributed by atoms with Crippen LogP contribution in [0, 0.1) is 6.92 Å². The predicted octanol–water partition coefficient (Wildman–Crippen LogP) is 3.79. The molecule has 0 fully saturated rings. The van der Waals surface area contributed by atoms with E-state index in [1.165, 1.54) is 11.1 Å². The summed E-state index contributed by atoms with van der Waals surface area (Å²) in [4.78, 5) is 11.3. The zero-order valence-electron chi connectivity index (χ0n) is 10.2. The van der Waals surface area contributed by atoms with Gasteiger partial charge in [-0.05, 0) is 30.5 Å². The molecule has 2 aromatic rings. The van der Waals surface area contributed by atoms with Crippen LogP contribution in [0.1, 0.15) is 18.1 Å². The monoisotopic (exact) mass is 224 g/mol. The molecule has 0 heterocycles. The molecule has 2 aromatic carbocycles. The van der Waals surface area contributed by atoms with Crippen LogP contribution >= 0.6 is 0 Å². The van der Waals surface area contributed by atoms with Crippen molar-refractivity contribution in [2.24, 2.45) is 0 Å². The van der Waals surface area contributed by atoms with E-state index in [0.29, 0.717) is 6.42 Å². The van der Waals surface area contributed by atoms with Crippen LogP contribution in [0.2, 0.25) is 0 Å². The van der Waals surface area contributed by atoms with Crippen LogP contribution in [0.15, 0.2) is 48.5 Å². The van der Waals surface area contributed by atoms with E-state index in [0.717, 1.165) is 11.1 Å². The van der Waals surface area contributed by atoms with E-state index in [4.69, 9.17) is 0 Å². The van der Waals surface area contributed by atoms with E-state index < -0.39 is 0 Å². The molecular formula is C16H16O. The summed E-state index contributed by atoms with van der Waals surface area (Å²) in [6.45, 7) is 3.71. The molecule has 0 atom stereocenters. The summed E-state index contributed by atoms with van der Waals surface area (Å²) in [6, 6.07) is 16.5. The highest BCUT2D eigenvalue weighted by molar-refractivity contribution is 5.81. The van der Waals surface area contributed by atoms with Crippen LogP contribution in [-0.2, 0) is 11.2 Å². The summed E-state index contributed by atoms with van der Waals surface area (Å²) in [5.41, 5.74) is 4.68. The first-order valence-corrected chi connectivity index (χ1v) is 5.81. The quantitative estimate of drug-likeness (QED) is 0.775. The van der Waals surface area contributed by atoms with Gasteiger partial charge in [-0.25, -0.2) is 0 Å². The Labute approximate surface area is 102 Å². The smallest absolute Gasteiger partial charge is 0.134 e. The summed E-state index contributed by atoms with van der Waals surface area (Å²) in [7, 11) is 0. The second-order valence-electron chi connectivity index (χ2n) is 4.40. The van der Waals surface area contributed by atoms with Crippen LogP contribution < -0.4 is 0 Å². The number of hydrogen-bond donors (Lipinski definition) is 0. The number of aryl methyl sites for hydroxylation is 1. The van der Waals surface area contributed by atoms with Crippen molar-refractivity contribution in [3.63, 3.8) is 0 Å². The first kappa shape index (κ1) is 11.6. The lowest BCUT2D eigenvalue weighted by Crippen LogP contribution is -1.98. The summed E-state index contributed by atoms with van der Waals surface area (Å²) < 4.78 is 0. The van der Waals surface area contributed by atoms with Crippen molar-refractivity contribution in [1.82, 2.24) is 0 Å². The van der Waals surface area contributed by atoms with Crippen molar-refractivity contribution in [2.45, 2.75) is 20.3 Å². The average Bonchev–Trinajstić information content (AvgIpc) is 2.30. The highest BCUT2D eigenvalue weighted by atomic mass is 16.1. The maximum atomic E-state index is 11.3. The molecule has 0 aliphatic carbocycles. The molecule has 0 bridgehead atoms. The van der Waals surface area contributed by atoms with Crippen molar-refractivity contribution in [2.75, 3.05) is 0 Å². The third kappa shape index (κ3) is 2.82. The van der Waals surface area contributed by atoms with E-state index >= 15 is 0 Å². The number of rotatable bonds is 3. The maximum Gasteiger partial charge on any atom is 0.134 e. The van der Waals surface area contributed by atoms with E-state index in [2.05, 4.69) is 37.3 Å². The van der Waals surface area contributed by atoms with E-state index in [9.17, 15) is 4.79 Å². The first-order valence-electron chi connectivity index (χ1n) is 5.81. The minimum Gasteiger partial charge on any atom is -0.300 e. The van der Waals surface area contributed by atoms with Crippen LogP contribution in [0.5, 0.6) is 0 Å². The zero-order valence-corrected chi connectivity index (χ0v) is 10.2. The second-order valence-corrected chi connectivity index (χ2v) is 4.40. The molecule has 1 nitrogen and oxygen atoms in total. The SMILES string of the molecule is CC(=O)Cc1ccccc1-c1ccc(C)cc1. The lowest BCUT2D eigenvalue weighted by molar-refractivity contribution is -0.116. The molecule has 0 aliphatic rings. The summed E-state index contributed by atoms with van der Waals surface area (Å²) in [5.74, 6) is 0.199. The topological polar surface area (TPSA) is 17.1 Å². The van der Waals surface area contributed by atoms with Gasteiger partial charge < -0.3 is 0 Å². The van der Waals surface area contributed by atoms with Crippen molar-refractivity contribution < 1.29 is 4.79 Å². The molecule has 0 amide bonds. The Balaban J connectivity index is 2.44. The fourth-order valence-electron chi connectivity index (χ4n) is 1.96. The minimum atomic E-state index is 0.199. The Morgan fingerprint density at radius 3 is 2.29 bits per heavy atom. The Morgan fingerprint density at radius 1 is 1.00 bits per heavy atom. The molecule has 0 aliphatic heterocycles. The van der Waals surface area contributed by atoms with Crippen LogP contribution in [0.25, 0.3) is 11.1 Å².